The molecule has 1 aliphatic rings. The first-order chi connectivity index (χ1) is 12.0. The molecular weight excluding hydrogens is 310 g/mol. The van der Waals surface area contributed by atoms with Gasteiger partial charge in [0.05, 0.1) is 6.10 Å². The van der Waals surface area contributed by atoms with Gasteiger partial charge in [-0.15, -0.1) is 0 Å². The molecule has 0 amide bonds. The SMILES string of the molecule is CCCCCCCCC(OCC)C(C)(OCC)N1[C@H](C)CCC[C@@H]1C. The van der Waals surface area contributed by atoms with Crippen LogP contribution in [0.5, 0.6) is 0 Å². The van der Waals surface area contributed by atoms with Crippen molar-refractivity contribution >= 4 is 0 Å². The summed E-state index contributed by atoms with van der Waals surface area (Å²) in [6.45, 7) is 15.0. The molecule has 150 valence electrons. The molecule has 25 heavy (non-hydrogen) atoms. The zero-order chi connectivity index (χ0) is 18.7. The van der Waals surface area contributed by atoms with Crippen LogP contribution >= 0.6 is 0 Å². The summed E-state index contributed by atoms with van der Waals surface area (Å²) in [4.78, 5) is 2.62. The van der Waals surface area contributed by atoms with Gasteiger partial charge in [0.1, 0.15) is 5.72 Å². The molecule has 0 spiro atoms. The highest BCUT2D eigenvalue weighted by Gasteiger charge is 2.46. The van der Waals surface area contributed by atoms with Crippen LogP contribution in [-0.4, -0.2) is 42.0 Å². The second-order valence-electron chi connectivity index (χ2n) is 8.02. The van der Waals surface area contributed by atoms with Gasteiger partial charge in [-0.3, -0.25) is 4.90 Å². The van der Waals surface area contributed by atoms with Crippen molar-refractivity contribution in [3.63, 3.8) is 0 Å². The lowest BCUT2D eigenvalue weighted by atomic mass is 9.90. The maximum atomic E-state index is 6.42. The Morgan fingerprint density at radius 1 is 0.920 bits per heavy atom. The summed E-state index contributed by atoms with van der Waals surface area (Å²) >= 11 is 0. The monoisotopic (exact) mass is 355 g/mol. The summed E-state index contributed by atoms with van der Waals surface area (Å²) in [6, 6.07) is 1.13. The van der Waals surface area contributed by atoms with E-state index < -0.39 is 0 Å². The lowest BCUT2D eigenvalue weighted by Crippen LogP contribution is -2.64. The minimum absolute atomic E-state index is 0.159. The third kappa shape index (κ3) is 6.84. The maximum Gasteiger partial charge on any atom is 0.145 e. The average Bonchev–Trinajstić information content (AvgIpc) is 2.57. The predicted molar refractivity (Wildman–Crippen MR) is 108 cm³/mol. The molecule has 0 aromatic rings. The van der Waals surface area contributed by atoms with Gasteiger partial charge in [0.15, 0.2) is 0 Å². The number of rotatable bonds is 13. The zero-order valence-corrected chi connectivity index (χ0v) is 18.0. The highest BCUT2D eigenvalue weighted by molar-refractivity contribution is 4.94. The number of piperidine rings is 1. The van der Waals surface area contributed by atoms with Crippen molar-refractivity contribution in [3.05, 3.63) is 0 Å². The first-order valence-corrected chi connectivity index (χ1v) is 11.0. The molecule has 0 N–H and O–H groups in total. The number of likely N-dealkylation sites (tertiary alicyclic amines) is 1. The second kappa shape index (κ2) is 12.3. The Labute approximate surface area is 157 Å². The molecule has 0 aromatic carbocycles. The Morgan fingerprint density at radius 3 is 2.08 bits per heavy atom. The van der Waals surface area contributed by atoms with Crippen molar-refractivity contribution < 1.29 is 9.47 Å². The van der Waals surface area contributed by atoms with Crippen LogP contribution in [0.2, 0.25) is 0 Å². The van der Waals surface area contributed by atoms with E-state index in [0.29, 0.717) is 12.1 Å². The van der Waals surface area contributed by atoms with Crippen LogP contribution in [-0.2, 0) is 9.47 Å². The van der Waals surface area contributed by atoms with Crippen LogP contribution in [0.4, 0.5) is 0 Å². The van der Waals surface area contributed by atoms with Crippen molar-refractivity contribution in [2.45, 2.75) is 130 Å². The summed E-state index contributed by atoms with van der Waals surface area (Å²) in [7, 11) is 0. The van der Waals surface area contributed by atoms with E-state index in [9.17, 15) is 0 Å². The number of hydrogen-bond acceptors (Lipinski definition) is 3. The first-order valence-electron chi connectivity index (χ1n) is 11.0. The molecule has 0 bridgehead atoms. The van der Waals surface area contributed by atoms with Gasteiger partial charge in [-0.1, -0.05) is 51.9 Å². The van der Waals surface area contributed by atoms with E-state index in [2.05, 4.69) is 46.4 Å². The van der Waals surface area contributed by atoms with Crippen LogP contribution in [0.3, 0.4) is 0 Å². The third-order valence-corrected chi connectivity index (χ3v) is 5.93. The third-order valence-electron chi connectivity index (χ3n) is 5.93. The van der Waals surface area contributed by atoms with E-state index in [1.807, 2.05) is 0 Å². The highest BCUT2D eigenvalue weighted by Crippen LogP contribution is 2.36. The molecule has 3 nitrogen and oxygen atoms in total. The Hall–Kier alpha value is -0.120. The van der Waals surface area contributed by atoms with E-state index in [1.165, 1.54) is 57.8 Å². The summed E-state index contributed by atoms with van der Waals surface area (Å²) in [5.41, 5.74) is -0.312. The van der Waals surface area contributed by atoms with Crippen molar-refractivity contribution in [1.82, 2.24) is 4.90 Å². The summed E-state index contributed by atoms with van der Waals surface area (Å²) in [6.07, 6.45) is 13.1. The van der Waals surface area contributed by atoms with Crippen molar-refractivity contribution in [3.8, 4) is 0 Å². The standard InChI is InChI=1S/C22H45NO2/c1-7-10-11-12-13-14-18-21(24-8-2)22(6,25-9-3)23-19(4)16-15-17-20(23)5/h19-21H,7-18H2,1-6H3/t19-,20+,21?,22?. The smallest absolute Gasteiger partial charge is 0.145 e. The Morgan fingerprint density at radius 2 is 1.52 bits per heavy atom. The lowest BCUT2D eigenvalue weighted by molar-refractivity contribution is -0.241. The van der Waals surface area contributed by atoms with Crippen LogP contribution in [0.25, 0.3) is 0 Å². The van der Waals surface area contributed by atoms with Gasteiger partial charge in [-0.25, -0.2) is 0 Å². The number of unbranched alkanes of at least 4 members (excludes halogenated alkanes) is 5. The number of nitrogens with zero attached hydrogens (tertiary/aromatic N) is 1. The van der Waals surface area contributed by atoms with Gasteiger partial charge in [-0.2, -0.15) is 0 Å². The molecule has 1 heterocycles. The van der Waals surface area contributed by atoms with Crippen molar-refractivity contribution in [1.29, 1.82) is 0 Å². The van der Waals surface area contributed by atoms with E-state index in [0.717, 1.165) is 19.6 Å². The molecule has 1 rings (SSSR count). The molecule has 1 saturated heterocycles. The van der Waals surface area contributed by atoms with Crippen molar-refractivity contribution in [2.75, 3.05) is 13.2 Å². The molecule has 4 atom stereocenters. The average molecular weight is 356 g/mol. The van der Waals surface area contributed by atoms with Crippen molar-refractivity contribution in [2.24, 2.45) is 0 Å². The molecule has 0 saturated carbocycles. The summed E-state index contributed by atoms with van der Waals surface area (Å²) < 4.78 is 12.7. The molecule has 3 heteroatoms. The molecule has 1 aliphatic heterocycles. The first kappa shape index (κ1) is 22.9. The molecule has 2 unspecified atom stereocenters. The molecule has 1 fully saturated rings. The Kier molecular flexibility index (Phi) is 11.3. The van der Waals surface area contributed by atoms with Crippen LogP contribution in [0, 0.1) is 0 Å². The topological polar surface area (TPSA) is 21.7 Å². The van der Waals surface area contributed by atoms with Gasteiger partial charge in [0.25, 0.3) is 0 Å². The Bertz CT molecular complexity index is 326. The largest absolute Gasteiger partial charge is 0.374 e. The van der Waals surface area contributed by atoms with Crippen LogP contribution < -0.4 is 0 Å². The van der Waals surface area contributed by atoms with Gasteiger partial charge in [0.2, 0.25) is 0 Å². The highest BCUT2D eigenvalue weighted by atomic mass is 16.6. The summed E-state index contributed by atoms with van der Waals surface area (Å²) in [5, 5.41) is 0. The quantitative estimate of drug-likeness (QED) is 0.369. The van der Waals surface area contributed by atoms with Gasteiger partial charge >= 0.3 is 0 Å². The normalized spacial score (nSPS) is 25.7. The predicted octanol–water partition coefficient (Wildman–Crippen LogP) is 6.16. The zero-order valence-electron chi connectivity index (χ0n) is 18.0. The second-order valence-corrected chi connectivity index (χ2v) is 8.02. The van der Waals surface area contributed by atoms with Crippen LogP contribution in [0.1, 0.15) is 106 Å². The number of hydrogen-bond donors (Lipinski definition) is 0. The van der Waals surface area contributed by atoms with E-state index >= 15 is 0 Å². The fourth-order valence-electron chi connectivity index (χ4n) is 4.74. The molecule has 0 aromatic heterocycles. The van der Waals surface area contributed by atoms with Crippen LogP contribution in [0.15, 0.2) is 0 Å². The minimum atomic E-state index is -0.312. The fourth-order valence-corrected chi connectivity index (χ4v) is 4.74. The fraction of sp³-hybridized carbons (Fsp3) is 1.00. The van der Waals surface area contributed by atoms with Gasteiger partial charge < -0.3 is 9.47 Å². The Balaban J connectivity index is 2.77. The maximum absolute atomic E-state index is 6.42. The summed E-state index contributed by atoms with van der Waals surface area (Å²) in [5.74, 6) is 0. The molecule has 0 radical (unpaired) electrons. The number of ether oxygens (including phenoxy) is 2. The molecular formula is C22H45NO2. The molecule has 0 aliphatic carbocycles. The van der Waals surface area contributed by atoms with Gasteiger partial charge in [0, 0.05) is 25.3 Å². The van der Waals surface area contributed by atoms with E-state index in [1.54, 1.807) is 0 Å². The van der Waals surface area contributed by atoms with E-state index in [-0.39, 0.29) is 11.8 Å². The lowest BCUT2D eigenvalue weighted by Gasteiger charge is -2.53. The van der Waals surface area contributed by atoms with E-state index in [4.69, 9.17) is 9.47 Å². The van der Waals surface area contributed by atoms with Gasteiger partial charge in [-0.05, 0) is 53.9 Å². The minimum Gasteiger partial charge on any atom is -0.374 e.